The quantitative estimate of drug-likeness (QED) is 0.766. The third kappa shape index (κ3) is 2.97. The Labute approximate surface area is 87.7 Å². The summed E-state index contributed by atoms with van der Waals surface area (Å²) in [6.07, 6.45) is 0.654. The zero-order valence-electron chi connectivity index (χ0n) is 8.39. The molecule has 4 heteroatoms. The van der Waals surface area contributed by atoms with Crippen molar-refractivity contribution in [3.63, 3.8) is 0 Å². The molecule has 2 N–H and O–H groups in total. The Kier molecular flexibility index (Phi) is 3.28. The topological polar surface area (TPSA) is 24.1 Å². The molecule has 2 rings (SSSR count). The van der Waals surface area contributed by atoms with E-state index < -0.39 is 11.6 Å². The van der Waals surface area contributed by atoms with E-state index in [1.807, 2.05) is 0 Å². The Balaban J connectivity index is 2.02. The zero-order chi connectivity index (χ0) is 10.7. The van der Waals surface area contributed by atoms with Gasteiger partial charge in [-0.05, 0) is 24.1 Å². The average Bonchev–Trinajstić information content (AvgIpc) is 2.17. The number of benzene rings is 1. The monoisotopic (exact) mass is 212 g/mol. The lowest BCUT2D eigenvalue weighted by Gasteiger charge is -2.24. The fourth-order valence-corrected chi connectivity index (χ4v) is 1.87. The highest BCUT2D eigenvalue weighted by Gasteiger charge is 2.13. The van der Waals surface area contributed by atoms with Crippen molar-refractivity contribution in [2.24, 2.45) is 0 Å². The number of rotatable bonds is 2. The minimum Gasteiger partial charge on any atom is -0.314 e. The van der Waals surface area contributed by atoms with Crippen molar-refractivity contribution in [2.45, 2.75) is 12.5 Å². The van der Waals surface area contributed by atoms with Crippen LogP contribution in [0.2, 0.25) is 0 Å². The standard InChI is InChI=1S/C11H14F2N2/c12-9-3-8(4-10(13)6-9)5-11-7-14-1-2-15-11/h3-4,6,11,14-15H,1-2,5,7H2/t11-/m1/s1. The van der Waals surface area contributed by atoms with Crippen molar-refractivity contribution in [1.29, 1.82) is 0 Å². The maximum absolute atomic E-state index is 12.9. The molecule has 1 aliphatic heterocycles. The maximum Gasteiger partial charge on any atom is 0.126 e. The van der Waals surface area contributed by atoms with E-state index in [9.17, 15) is 8.78 Å². The van der Waals surface area contributed by atoms with Crippen LogP contribution < -0.4 is 10.6 Å². The van der Waals surface area contributed by atoms with Gasteiger partial charge in [0.1, 0.15) is 11.6 Å². The van der Waals surface area contributed by atoms with Crippen molar-refractivity contribution in [3.05, 3.63) is 35.4 Å². The first-order valence-corrected chi connectivity index (χ1v) is 5.13. The van der Waals surface area contributed by atoms with Crippen LogP contribution in [0.4, 0.5) is 8.78 Å². The van der Waals surface area contributed by atoms with Crippen LogP contribution in [-0.2, 0) is 6.42 Å². The summed E-state index contributed by atoms with van der Waals surface area (Å²) < 4.78 is 25.8. The zero-order valence-corrected chi connectivity index (χ0v) is 8.39. The van der Waals surface area contributed by atoms with Gasteiger partial charge in [-0.15, -0.1) is 0 Å². The lowest BCUT2D eigenvalue weighted by Crippen LogP contribution is -2.49. The van der Waals surface area contributed by atoms with Crippen LogP contribution in [0.25, 0.3) is 0 Å². The van der Waals surface area contributed by atoms with Crippen LogP contribution in [0.5, 0.6) is 0 Å². The lowest BCUT2D eigenvalue weighted by atomic mass is 10.0. The predicted octanol–water partition coefficient (Wildman–Crippen LogP) is 1.07. The lowest BCUT2D eigenvalue weighted by molar-refractivity contribution is 0.415. The third-order valence-corrected chi connectivity index (χ3v) is 2.53. The molecule has 1 atom stereocenters. The summed E-state index contributed by atoms with van der Waals surface area (Å²) in [6.45, 7) is 2.70. The molecular weight excluding hydrogens is 198 g/mol. The van der Waals surface area contributed by atoms with Gasteiger partial charge in [-0.2, -0.15) is 0 Å². The van der Waals surface area contributed by atoms with Crippen LogP contribution in [0, 0.1) is 11.6 Å². The Morgan fingerprint density at radius 3 is 2.47 bits per heavy atom. The molecule has 1 aliphatic rings. The van der Waals surface area contributed by atoms with Crippen LogP contribution in [0.3, 0.4) is 0 Å². The van der Waals surface area contributed by atoms with Crippen molar-refractivity contribution in [3.8, 4) is 0 Å². The van der Waals surface area contributed by atoms with Gasteiger partial charge in [-0.3, -0.25) is 0 Å². The Morgan fingerprint density at radius 1 is 1.13 bits per heavy atom. The molecule has 0 unspecified atom stereocenters. The first-order valence-electron chi connectivity index (χ1n) is 5.13. The minimum absolute atomic E-state index is 0.264. The molecule has 82 valence electrons. The van der Waals surface area contributed by atoms with Gasteiger partial charge in [-0.25, -0.2) is 8.78 Å². The summed E-state index contributed by atoms with van der Waals surface area (Å²) in [5, 5.41) is 6.53. The molecule has 1 saturated heterocycles. The molecule has 0 spiro atoms. The van der Waals surface area contributed by atoms with E-state index in [4.69, 9.17) is 0 Å². The van der Waals surface area contributed by atoms with Gasteiger partial charge in [0.15, 0.2) is 0 Å². The molecule has 0 amide bonds. The molecule has 15 heavy (non-hydrogen) atoms. The molecule has 0 saturated carbocycles. The highest BCUT2D eigenvalue weighted by atomic mass is 19.1. The number of piperazine rings is 1. The molecule has 1 aromatic carbocycles. The summed E-state index contributed by atoms with van der Waals surface area (Å²) in [6, 6.07) is 3.94. The largest absolute Gasteiger partial charge is 0.314 e. The van der Waals surface area contributed by atoms with Crippen molar-refractivity contribution < 1.29 is 8.78 Å². The van der Waals surface area contributed by atoms with Gasteiger partial charge in [-0.1, -0.05) is 0 Å². The van der Waals surface area contributed by atoms with Gasteiger partial charge in [0, 0.05) is 31.7 Å². The van der Waals surface area contributed by atoms with Gasteiger partial charge >= 0.3 is 0 Å². The van der Waals surface area contributed by atoms with Crippen LogP contribution in [-0.4, -0.2) is 25.7 Å². The highest BCUT2D eigenvalue weighted by molar-refractivity contribution is 5.19. The predicted molar refractivity (Wildman–Crippen MR) is 54.7 cm³/mol. The number of nitrogens with one attached hydrogen (secondary N) is 2. The Bertz CT molecular complexity index is 315. The van der Waals surface area contributed by atoms with Crippen LogP contribution in [0.1, 0.15) is 5.56 Å². The van der Waals surface area contributed by atoms with Crippen molar-refractivity contribution in [2.75, 3.05) is 19.6 Å². The molecule has 0 radical (unpaired) electrons. The summed E-state index contributed by atoms with van der Waals surface area (Å²) >= 11 is 0. The summed E-state index contributed by atoms with van der Waals surface area (Å²) in [7, 11) is 0. The Morgan fingerprint density at radius 2 is 1.87 bits per heavy atom. The van der Waals surface area contributed by atoms with Gasteiger partial charge in [0.25, 0.3) is 0 Å². The van der Waals surface area contributed by atoms with Crippen LogP contribution in [0.15, 0.2) is 18.2 Å². The third-order valence-electron chi connectivity index (χ3n) is 2.53. The van der Waals surface area contributed by atoms with Gasteiger partial charge < -0.3 is 10.6 Å². The van der Waals surface area contributed by atoms with Gasteiger partial charge in [0.2, 0.25) is 0 Å². The molecule has 1 heterocycles. The second-order valence-corrected chi connectivity index (χ2v) is 3.84. The molecule has 1 aromatic rings. The van der Waals surface area contributed by atoms with E-state index in [-0.39, 0.29) is 6.04 Å². The minimum atomic E-state index is -0.506. The van der Waals surface area contributed by atoms with Crippen molar-refractivity contribution in [1.82, 2.24) is 10.6 Å². The Hall–Kier alpha value is -1.00. The van der Waals surface area contributed by atoms with Crippen LogP contribution >= 0.6 is 0 Å². The van der Waals surface area contributed by atoms with E-state index in [1.165, 1.54) is 12.1 Å². The van der Waals surface area contributed by atoms with E-state index in [0.29, 0.717) is 12.0 Å². The van der Waals surface area contributed by atoms with Crippen molar-refractivity contribution >= 4 is 0 Å². The van der Waals surface area contributed by atoms with E-state index in [0.717, 1.165) is 25.7 Å². The molecule has 1 fully saturated rings. The fraction of sp³-hybridized carbons (Fsp3) is 0.455. The first kappa shape index (κ1) is 10.5. The van der Waals surface area contributed by atoms with E-state index in [2.05, 4.69) is 10.6 Å². The average molecular weight is 212 g/mol. The first-order chi connectivity index (χ1) is 7.24. The molecule has 0 aromatic heterocycles. The molecule has 2 nitrogen and oxygen atoms in total. The highest BCUT2D eigenvalue weighted by Crippen LogP contribution is 2.10. The van der Waals surface area contributed by atoms with E-state index in [1.54, 1.807) is 0 Å². The summed E-state index contributed by atoms with van der Waals surface area (Å²) in [5.74, 6) is -1.01. The fourth-order valence-electron chi connectivity index (χ4n) is 1.87. The second-order valence-electron chi connectivity index (χ2n) is 3.84. The SMILES string of the molecule is Fc1cc(F)cc(C[C@@H]2CNCCN2)c1. The molecular formula is C11H14F2N2. The number of halogens is 2. The van der Waals surface area contributed by atoms with Gasteiger partial charge in [0.05, 0.1) is 0 Å². The molecule has 0 aliphatic carbocycles. The summed E-state index contributed by atoms with van der Waals surface area (Å²) in [4.78, 5) is 0. The summed E-state index contributed by atoms with van der Waals surface area (Å²) in [5.41, 5.74) is 0.703. The normalized spacial score (nSPS) is 21.6. The van der Waals surface area contributed by atoms with E-state index >= 15 is 0 Å². The molecule has 0 bridgehead atoms. The second kappa shape index (κ2) is 4.68. The smallest absolute Gasteiger partial charge is 0.126 e. The maximum atomic E-state index is 12.9. The number of hydrogen-bond donors (Lipinski definition) is 2. The number of hydrogen-bond acceptors (Lipinski definition) is 2.